The van der Waals surface area contributed by atoms with Crippen LogP contribution in [0.15, 0.2) is 10.2 Å². The standard InChI is InChI=1S/C8H12N2/c1-5-7-3-4-8(7)6(2)10-9-5/h7-8H,3-4H2,1-2H3. The van der Waals surface area contributed by atoms with Crippen LogP contribution in [-0.2, 0) is 0 Å². The fraction of sp³-hybridized carbons (Fsp3) is 0.750. The quantitative estimate of drug-likeness (QED) is 0.485. The minimum absolute atomic E-state index is 0.748. The van der Waals surface area contributed by atoms with E-state index in [4.69, 9.17) is 0 Å². The summed E-state index contributed by atoms with van der Waals surface area (Å²) >= 11 is 0. The van der Waals surface area contributed by atoms with Crippen molar-refractivity contribution >= 4 is 11.4 Å². The molecule has 2 unspecified atom stereocenters. The molecule has 54 valence electrons. The first-order valence-electron chi connectivity index (χ1n) is 3.87. The average molecular weight is 136 g/mol. The SMILES string of the molecule is CC1=NN=C(C)C2CCC12. The molecule has 1 saturated carbocycles. The predicted octanol–water partition coefficient (Wildman–Crippen LogP) is 1.86. The molecule has 2 aliphatic rings. The van der Waals surface area contributed by atoms with Crippen LogP contribution < -0.4 is 0 Å². The summed E-state index contributed by atoms with van der Waals surface area (Å²) in [6.07, 6.45) is 2.65. The van der Waals surface area contributed by atoms with Gasteiger partial charge in [0.15, 0.2) is 0 Å². The zero-order valence-corrected chi connectivity index (χ0v) is 6.46. The summed E-state index contributed by atoms with van der Waals surface area (Å²) in [4.78, 5) is 0. The van der Waals surface area contributed by atoms with Gasteiger partial charge in [-0.25, -0.2) is 0 Å². The average Bonchev–Trinajstić information content (AvgIpc) is 1.78. The van der Waals surface area contributed by atoms with Gasteiger partial charge >= 0.3 is 0 Å². The van der Waals surface area contributed by atoms with Crippen molar-refractivity contribution < 1.29 is 0 Å². The van der Waals surface area contributed by atoms with E-state index >= 15 is 0 Å². The summed E-state index contributed by atoms with van der Waals surface area (Å²) in [5.41, 5.74) is 2.48. The zero-order valence-electron chi connectivity index (χ0n) is 6.46. The van der Waals surface area contributed by atoms with Crippen molar-refractivity contribution in [3.63, 3.8) is 0 Å². The van der Waals surface area contributed by atoms with Crippen molar-refractivity contribution in [3.05, 3.63) is 0 Å². The molecule has 1 fully saturated rings. The van der Waals surface area contributed by atoms with E-state index in [1.54, 1.807) is 0 Å². The van der Waals surface area contributed by atoms with Gasteiger partial charge in [0.2, 0.25) is 0 Å². The summed E-state index contributed by atoms with van der Waals surface area (Å²) < 4.78 is 0. The van der Waals surface area contributed by atoms with Gasteiger partial charge in [0.05, 0.1) is 0 Å². The van der Waals surface area contributed by atoms with E-state index in [0.717, 1.165) is 11.8 Å². The molecule has 0 amide bonds. The first kappa shape index (κ1) is 6.08. The minimum atomic E-state index is 0.748. The molecule has 0 N–H and O–H groups in total. The number of rotatable bonds is 0. The van der Waals surface area contributed by atoms with E-state index in [1.807, 2.05) is 0 Å². The molecule has 0 radical (unpaired) electrons. The van der Waals surface area contributed by atoms with Crippen LogP contribution in [-0.4, -0.2) is 11.4 Å². The lowest BCUT2D eigenvalue weighted by Crippen LogP contribution is -2.38. The Labute approximate surface area is 61.0 Å². The monoisotopic (exact) mass is 136 g/mol. The van der Waals surface area contributed by atoms with E-state index in [9.17, 15) is 0 Å². The highest BCUT2D eigenvalue weighted by Gasteiger charge is 2.36. The van der Waals surface area contributed by atoms with Crippen molar-refractivity contribution in [2.75, 3.05) is 0 Å². The summed E-state index contributed by atoms with van der Waals surface area (Å²) in [5.74, 6) is 1.50. The van der Waals surface area contributed by atoms with Gasteiger partial charge in [-0.2, -0.15) is 10.2 Å². The van der Waals surface area contributed by atoms with Crippen molar-refractivity contribution in [1.82, 2.24) is 0 Å². The van der Waals surface area contributed by atoms with Crippen molar-refractivity contribution in [3.8, 4) is 0 Å². The molecule has 0 aromatic rings. The van der Waals surface area contributed by atoms with Crippen LogP contribution in [0.5, 0.6) is 0 Å². The van der Waals surface area contributed by atoms with Gasteiger partial charge in [0, 0.05) is 23.3 Å². The third-order valence-electron chi connectivity index (χ3n) is 2.71. The van der Waals surface area contributed by atoms with Gasteiger partial charge in [-0.3, -0.25) is 0 Å². The molecule has 1 aliphatic heterocycles. The molecule has 1 heterocycles. The molecular weight excluding hydrogens is 124 g/mol. The van der Waals surface area contributed by atoms with Gasteiger partial charge in [0.25, 0.3) is 0 Å². The normalized spacial score (nSPS) is 37.4. The second-order valence-corrected chi connectivity index (χ2v) is 3.27. The van der Waals surface area contributed by atoms with Crippen molar-refractivity contribution in [2.24, 2.45) is 22.0 Å². The third kappa shape index (κ3) is 0.648. The van der Waals surface area contributed by atoms with E-state index in [1.165, 1.54) is 24.3 Å². The topological polar surface area (TPSA) is 24.7 Å². The smallest absolute Gasteiger partial charge is 0.0412 e. The molecule has 0 aromatic heterocycles. The highest BCUT2D eigenvalue weighted by Crippen LogP contribution is 2.38. The second kappa shape index (κ2) is 1.91. The van der Waals surface area contributed by atoms with Crippen LogP contribution in [0.2, 0.25) is 0 Å². The predicted molar refractivity (Wildman–Crippen MR) is 42.4 cm³/mol. The fourth-order valence-electron chi connectivity index (χ4n) is 1.81. The Morgan fingerprint density at radius 2 is 1.40 bits per heavy atom. The summed E-state index contributed by atoms with van der Waals surface area (Å²) in [6.45, 7) is 4.18. The van der Waals surface area contributed by atoms with Gasteiger partial charge in [-0.1, -0.05) is 0 Å². The number of hydrogen-bond acceptors (Lipinski definition) is 2. The lowest BCUT2D eigenvalue weighted by Gasteiger charge is -2.37. The van der Waals surface area contributed by atoms with Crippen molar-refractivity contribution in [2.45, 2.75) is 26.7 Å². The third-order valence-corrected chi connectivity index (χ3v) is 2.71. The van der Waals surface area contributed by atoms with Gasteiger partial charge in [-0.15, -0.1) is 0 Å². The number of nitrogens with zero attached hydrogens (tertiary/aromatic N) is 2. The lowest BCUT2D eigenvalue weighted by atomic mass is 9.69. The molecule has 2 atom stereocenters. The van der Waals surface area contributed by atoms with E-state index in [2.05, 4.69) is 24.1 Å². The molecule has 2 heteroatoms. The lowest BCUT2D eigenvalue weighted by molar-refractivity contribution is 0.323. The largest absolute Gasteiger partial charge is 0.160 e. The molecule has 1 aliphatic carbocycles. The molecule has 2 nitrogen and oxygen atoms in total. The Hall–Kier alpha value is -0.660. The maximum atomic E-state index is 4.10. The number of hydrogen-bond donors (Lipinski definition) is 0. The zero-order chi connectivity index (χ0) is 7.14. The Morgan fingerprint density at radius 1 is 1.00 bits per heavy atom. The van der Waals surface area contributed by atoms with Gasteiger partial charge < -0.3 is 0 Å². The maximum absolute atomic E-state index is 4.10. The molecule has 0 spiro atoms. The highest BCUT2D eigenvalue weighted by molar-refractivity contribution is 5.97. The van der Waals surface area contributed by atoms with E-state index in [-0.39, 0.29) is 0 Å². The van der Waals surface area contributed by atoms with Crippen LogP contribution in [0.25, 0.3) is 0 Å². The molecule has 0 saturated heterocycles. The van der Waals surface area contributed by atoms with Crippen LogP contribution in [0, 0.1) is 11.8 Å². The summed E-state index contributed by atoms with van der Waals surface area (Å²) in [6, 6.07) is 0. The van der Waals surface area contributed by atoms with Gasteiger partial charge in [-0.05, 0) is 26.7 Å². The molecular formula is C8H12N2. The molecule has 0 aromatic carbocycles. The van der Waals surface area contributed by atoms with E-state index < -0.39 is 0 Å². The first-order valence-corrected chi connectivity index (χ1v) is 3.87. The fourth-order valence-corrected chi connectivity index (χ4v) is 1.81. The molecule has 2 rings (SSSR count). The molecule has 0 bridgehead atoms. The summed E-state index contributed by atoms with van der Waals surface area (Å²) in [5, 5.41) is 8.20. The highest BCUT2D eigenvalue weighted by atomic mass is 15.2. The van der Waals surface area contributed by atoms with Crippen LogP contribution >= 0.6 is 0 Å². The van der Waals surface area contributed by atoms with Crippen LogP contribution in [0.4, 0.5) is 0 Å². The van der Waals surface area contributed by atoms with Gasteiger partial charge in [0.1, 0.15) is 0 Å². The Balaban J connectivity index is 2.28. The Morgan fingerprint density at radius 3 is 1.70 bits per heavy atom. The minimum Gasteiger partial charge on any atom is -0.160 e. The van der Waals surface area contributed by atoms with Crippen LogP contribution in [0.3, 0.4) is 0 Å². The second-order valence-electron chi connectivity index (χ2n) is 3.27. The maximum Gasteiger partial charge on any atom is 0.0412 e. The van der Waals surface area contributed by atoms with E-state index in [0.29, 0.717) is 0 Å². The first-order chi connectivity index (χ1) is 4.79. The van der Waals surface area contributed by atoms with Crippen LogP contribution in [0.1, 0.15) is 26.7 Å². The van der Waals surface area contributed by atoms with Crippen molar-refractivity contribution in [1.29, 1.82) is 0 Å². The molecule has 10 heavy (non-hydrogen) atoms. The Kier molecular flexibility index (Phi) is 1.16. The summed E-state index contributed by atoms with van der Waals surface area (Å²) in [7, 11) is 0. The number of fused-ring (bicyclic) bond motifs is 1. The Bertz CT molecular complexity index is 191.